The first-order valence-corrected chi connectivity index (χ1v) is 8.91. The van der Waals surface area contributed by atoms with Crippen LogP contribution in [0.5, 0.6) is 0 Å². The number of rotatable bonds is 5. The van der Waals surface area contributed by atoms with Crippen LogP contribution in [0, 0.1) is 6.54 Å². The van der Waals surface area contributed by atoms with Crippen LogP contribution in [0.1, 0.15) is 24.0 Å². The van der Waals surface area contributed by atoms with Gasteiger partial charge >= 0.3 is 12.4 Å². The summed E-state index contributed by atoms with van der Waals surface area (Å²) in [5.74, 6) is -0.405. The van der Waals surface area contributed by atoms with Gasteiger partial charge in [0.05, 0.1) is 11.1 Å². The summed E-state index contributed by atoms with van der Waals surface area (Å²) in [6.45, 7) is 4.26. The molecule has 2 fully saturated rings. The summed E-state index contributed by atoms with van der Waals surface area (Å²) in [5, 5.41) is 2.39. The topological polar surface area (TPSA) is 35.6 Å². The first kappa shape index (κ1) is 24.4. The number of fused-ring (bicyclic) bond motifs is 1. The van der Waals surface area contributed by atoms with Crippen LogP contribution in [-0.2, 0) is 49.9 Å². The molecule has 0 spiro atoms. The number of Topliss-reactive ketones (excluding diaryl/α,β-unsaturated/α-hetero) is 1. The van der Waals surface area contributed by atoms with Crippen molar-refractivity contribution in [3.05, 3.63) is 35.9 Å². The van der Waals surface area contributed by atoms with Crippen LogP contribution in [0.15, 0.2) is 18.2 Å². The number of nitrogens with zero attached hydrogens (tertiary/aromatic N) is 2. The van der Waals surface area contributed by atoms with E-state index in [-0.39, 0.29) is 45.3 Å². The van der Waals surface area contributed by atoms with E-state index in [4.69, 9.17) is 0 Å². The number of alkyl halides is 6. The molecule has 0 saturated carbocycles. The van der Waals surface area contributed by atoms with Gasteiger partial charge in [-0.2, -0.15) is 26.3 Å². The quantitative estimate of drug-likeness (QED) is 0.498. The molecule has 2 aliphatic rings. The normalized spacial score (nSPS) is 20.7. The van der Waals surface area contributed by atoms with Gasteiger partial charge in [-0.25, -0.2) is 0 Å². The molecule has 2 aliphatic heterocycles. The average Bonchev–Trinajstić information content (AvgIpc) is 3.06. The second-order valence-electron chi connectivity index (χ2n) is 7.07. The molecule has 0 amide bonds. The van der Waals surface area contributed by atoms with Gasteiger partial charge in [0.2, 0.25) is 0 Å². The Morgan fingerprint density at radius 1 is 1.03 bits per heavy atom. The molecular weight excluding hydrogens is 477 g/mol. The standard InChI is InChI=1S/C18H20F6N3O.Y/c19-17(20,21)12-6-13(18(22,23)24)8-14(7-12)25-9-16(28)11-26-4-5-27-3-1-2-15(27)10-26;/h6-8,11,15,25H,1-5,9-10H2;/q-1;/t15-;/m1./s1. The maximum absolute atomic E-state index is 12.9. The zero-order chi connectivity index (χ0) is 20.5. The molecule has 1 atom stereocenters. The molecule has 3 rings (SSSR count). The molecule has 1 N–H and O–H groups in total. The Balaban J connectivity index is 0.00000300. The van der Waals surface area contributed by atoms with Crippen molar-refractivity contribution in [3.8, 4) is 0 Å². The number of ketones is 1. The number of anilines is 1. The van der Waals surface area contributed by atoms with E-state index < -0.39 is 35.0 Å². The van der Waals surface area contributed by atoms with E-state index in [9.17, 15) is 31.1 Å². The van der Waals surface area contributed by atoms with Crippen molar-refractivity contribution in [2.75, 3.05) is 38.0 Å². The SMILES string of the molecule is O=C([CH-]N1CCN2CCC[C@@H]2C1)CNc1cc(C(F)(F)F)cc(C(F)(F)F)c1.[Y]. The third kappa shape index (κ3) is 6.57. The minimum atomic E-state index is -4.92. The minimum Gasteiger partial charge on any atom is -0.432 e. The molecule has 0 aliphatic carbocycles. The number of hydrogen-bond acceptors (Lipinski definition) is 4. The fourth-order valence-corrected chi connectivity index (χ4v) is 3.63. The predicted octanol–water partition coefficient (Wildman–Crippen LogP) is 3.64. The van der Waals surface area contributed by atoms with Gasteiger partial charge in [-0.1, -0.05) is 0 Å². The Morgan fingerprint density at radius 3 is 2.24 bits per heavy atom. The molecule has 1 aromatic carbocycles. The zero-order valence-corrected chi connectivity index (χ0v) is 18.3. The van der Waals surface area contributed by atoms with Crippen molar-refractivity contribution in [3.63, 3.8) is 0 Å². The third-order valence-electron chi connectivity index (χ3n) is 5.00. The van der Waals surface area contributed by atoms with E-state index in [1.807, 2.05) is 4.90 Å². The van der Waals surface area contributed by atoms with Gasteiger partial charge in [-0.05, 0) is 50.7 Å². The molecule has 0 aromatic heterocycles. The smallest absolute Gasteiger partial charge is 0.416 e. The van der Waals surface area contributed by atoms with Gasteiger partial charge in [0.1, 0.15) is 0 Å². The van der Waals surface area contributed by atoms with Crippen molar-refractivity contribution in [2.45, 2.75) is 31.2 Å². The maximum Gasteiger partial charge on any atom is 0.416 e. The first-order valence-electron chi connectivity index (χ1n) is 8.91. The van der Waals surface area contributed by atoms with Crippen LogP contribution < -0.4 is 5.32 Å². The second-order valence-corrected chi connectivity index (χ2v) is 7.07. The average molecular weight is 497 g/mol. The molecule has 1 radical (unpaired) electrons. The maximum atomic E-state index is 12.9. The van der Waals surface area contributed by atoms with Gasteiger partial charge in [0.25, 0.3) is 0 Å². The monoisotopic (exact) mass is 497 g/mol. The second kappa shape index (κ2) is 9.53. The van der Waals surface area contributed by atoms with E-state index in [1.165, 1.54) is 6.54 Å². The Labute approximate surface area is 189 Å². The van der Waals surface area contributed by atoms with E-state index in [0.29, 0.717) is 31.3 Å². The zero-order valence-electron chi connectivity index (χ0n) is 15.5. The van der Waals surface area contributed by atoms with E-state index >= 15 is 0 Å². The Morgan fingerprint density at radius 2 is 1.66 bits per heavy atom. The Hall–Kier alpha value is -0.836. The third-order valence-corrected chi connectivity index (χ3v) is 5.00. The van der Waals surface area contributed by atoms with Crippen molar-refractivity contribution in [1.29, 1.82) is 0 Å². The number of benzene rings is 1. The van der Waals surface area contributed by atoms with E-state index in [0.717, 1.165) is 25.9 Å². The van der Waals surface area contributed by atoms with Gasteiger partial charge in [0, 0.05) is 63.3 Å². The number of carbonyl (C=O) groups is 1. The molecule has 159 valence electrons. The number of hydrogen-bond donors (Lipinski definition) is 1. The summed E-state index contributed by atoms with van der Waals surface area (Å²) in [5.41, 5.74) is -3.23. The van der Waals surface area contributed by atoms with Crippen molar-refractivity contribution < 1.29 is 63.8 Å². The number of piperazine rings is 1. The van der Waals surface area contributed by atoms with Crippen molar-refractivity contribution in [2.24, 2.45) is 0 Å². The summed E-state index contributed by atoms with van der Waals surface area (Å²) in [4.78, 5) is 16.3. The molecule has 2 heterocycles. The largest absolute Gasteiger partial charge is 0.432 e. The van der Waals surface area contributed by atoms with Crippen LogP contribution in [0.2, 0.25) is 0 Å². The predicted molar refractivity (Wildman–Crippen MR) is 90.4 cm³/mol. The molecule has 2 saturated heterocycles. The number of nitrogens with one attached hydrogen (secondary N) is 1. The Bertz CT molecular complexity index is 692. The van der Waals surface area contributed by atoms with Crippen LogP contribution in [0.25, 0.3) is 0 Å². The van der Waals surface area contributed by atoms with Crippen LogP contribution in [-0.4, -0.2) is 54.3 Å². The molecule has 0 bridgehead atoms. The van der Waals surface area contributed by atoms with E-state index in [2.05, 4.69) is 10.2 Å². The molecule has 4 nitrogen and oxygen atoms in total. The molecule has 29 heavy (non-hydrogen) atoms. The van der Waals surface area contributed by atoms with E-state index in [1.54, 1.807) is 0 Å². The summed E-state index contributed by atoms with van der Waals surface area (Å²) in [6.07, 6.45) is -7.67. The summed E-state index contributed by atoms with van der Waals surface area (Å²) in [6, 6.07) is 1.59. The van der Waals surface area contributed by atoms with Gasteiger partial charge < -0.3 is 15.0 Å². The number of carbonyl (C=O) groups excluding carboxylic acids is 1. The minimum absolute atomic E-state index is 0. The fourth-order valence-electron chi connectivity index (χ4n) is 3.63. The molecule has 1 aromatic rings. The fraction of sp³-hybridized carbons (Fsp3) is 0.556. The van der Waals surface area contributed by atoms with Crippen molar-refractivity contribution in [1.82, 2.24) is 9.80 Å². The molecule has 0 unspecified atom stereocenters. The molecule has 11 heteroatoms. The van der Waals surface area contributed by atoms with Gasteiger partial charge in [-0.15, -0.1) is 0 Å². The van der Waals surface area contributed by atoms with Crippen LogP contribution >= 0.6 is 0 Å². The summed E-state index contributed by atoms with van der Waals surface area (Å²) < 4.78 is 77.2. The summed E-state index contributed by atoms with van der Waals surface area (Å²) in [7, 11) is 0. The summed E-state index contributed by atoms with van der Waals surface area (Å²) >= 11 is 0. The first-order chi connectivity index (χ1) is 13.0. The van der Waals surface area contributed by atoms with Crippen LogP contribution in [0.4, 0.5) is 32.0 Å². The van der Waals surface area contributed by atoms with Crippen LogP contribution in [0.3, 0.4) is 0 Å². The molecular formula is C18H20F6N3OY-. The van der Waals surface area contributed by atoms with Crippen molar-refractivity contribution >= 4 is 11.5 Å². The van der Waals surface area contributed by atoms with Gasteiger partial charge in [-0.3, -0.25) is 11.4 Å². The Kier molecular flexibility index (Phi) is 8.03. The van der Waals surface area contributed by atoms with Gasteiger partial charge in [0.15, 0.2) is 0 Å². The number of halogens is 6.